The molecule has 1 aliphatic heterocycles. The average Bonchev–Trinajstić information content (AvgIpc) is 3.24. The smallest absolute Gasteiger partial charge is 0.191 e. The SMILES string of the molecule is CN=C(NCc1ccc(OC)c(OC2CCCC2)c1)NC1CCN(C(C)C)CC1.I. The largest absolute Gasteiger partial charge is 0.493 e. The highest BCUT2D eigenvalue weighted by Crippen LogP contribution is 2.32. The maximum Gasteiger partial charge on any atom is 0.191 e. The van der Waals surface area contributed by atoms with Crippen molar-refractivity contribution in [3.63, 3.8) is 0 Å². The molecule has 170 valence electrons. The van der Waals surface area contributed by atoms with Crippen LogP contribution >= 0.6 is 24.0 Å². The van der Waals surface area contributed by atoms with Gasteiger partial charge in [0.15, 0.2) is 17.5 Å². The van der Waals surface area contributed by atoms with Gasteiger partial charge in [0, 0.05) is 38.8 Å². The standard InChI is InChI=1S/C23H38N4O2.HI/c1-17(2)27-13-11-19(12-14-27)26-23(24-3)25-16-18-9-10-21(28-4)22(15-18)29-20-7-5-6-8-20;/h9-10,15,17,19-20H,5-8,11-14,16H2,1-4H3,(H2,24,25,26);1H. The van der Waals surface area contributed by atoms with E-state index in [4.69, 9.17) is 9.47 Å². The Labute approximate surface area is 199 Å². The lowest BCUT2D eigenvalue weighted by Gasteiger charge is -2.35. The second kappa shape index (κ2) is 12.6. The number of halogens is 1. The topological polar surface area (TPSA) is 58.1 Å². The number of aliphatic imine (C=N–C) groups is 1. The van der Waals surface area contributed by atoms with Gasteiger partial charge >= 0.3 is 0 Å². The molecule has 0 amide bonds. The van der Waals surface area contributed by atoms with Crippen LogP contribution in [-0.2, 0) is 6.54 Å². The number of nitrogens with zero attached hydrogens (tertiary/aromatic N) is 2. The van der Waals surface area contributed by atoms with Crippen LogP contribution in [0.3, 0.4) is 0 Å². The van der Waals surface area contributed by atoms with E-state index in [1.54, 1.807) is 7.11 Å². The van der Waals surface area contributed by atoms with Gasteiger partial charge in [0.2, 0.25) is 0 Å². The lowest BCUT2D eigenvalue weighted by Crippen LogP contribution is -2.49. The van der Waals surface area contributed by atoms with Crippen molar-refractivity contribution >= 4 is 29.9 Å². The minimum atomic E-state index is 0. The van der Waals surface area contributed by atoms with E-state index in [9.17, 15) is 0 Å². The molecule has 0 aromatic heterocycles. The summed E-state index contributed by atoms with van der Waals surface area (Å²) in [5, 5.41) is 7.04. The predicted octanol–water partition coefficient (Wildman–Crippen LogP) is 4.17. The van der Waals surface area contributed by atoms with Crippen LogP contribution in [-0.4, -0.2) is 56.3 Å². The maximum atomic E-state index is 6.22. The van der Waals surface area contributed by atoms with E-state index in [-0.39, 0.29) is 24.0 Å². The van der Waals surface area contributed by atoms with Crippen molar-refractivity contribution in [2.24, 2.45) is 4.99 Å². The number of ether oxygens (including phenoxy) is 2. The fourth-order valence-corrected chi connectivity index (χ4v) is 4.24. The molecular formula is C23H39IN4O2. The number of rotatable bonds is 7. The molecule has 2 aliphatic rings. The number of hydrogen-bond donors (Lipinski definition) is 2. The highest BCUT2D eigenvalue weighted by molar-refractivity contribution is 14.0. The van der Waals surface area contributed by atoms with Crippen molar-refractivity contribution in [3.05, 3.63) is 23.8 Å². The number of likely N-dealkylation sites (tertiary alicyclic amines) is 1. The van der Waals surface area contributed by atoms with Crippen molar-refractivity contribution in [3.8, 4) is 11.5 Å². The zero-order chi connectivity index (χ0) is 20.6. The predicted molar refractivity (Wildman–Crippen MR) is 134 cm³/mol. The van der Waals surface area contributed by atoms with Crippen LogP contribution in [0.4, 0.5) is 0 Å². The minimum Gasteiger partial charge on any atom is -0.493 e. The summed E-state index contributed by atoms with van der Waals surface area (Å²) in [6, 6.07) is 7.29. The number of hydrogen-bond acceptors (Lipinski definition) is 4. The molecule has 1 saturated carbocycles. The fourth-order valence-electron chi connectivity index (χ4n) is 4.24. The van der Waals surface area contributed by atoms with E-state index in [1.165, 1.54) is 12.8 Å². The van der Waals surface area contributed by atoms with E-state index >= 15 is 0 Å². The molecule has 0 atom stereocenters. The molecule has 3 rings (SSSR count). The second-order valence-electron chi connectivity index (χ2n) is 8.48. The lowest BCUT2D eigenvalue weighted by atomic mass is 10.0. The Morgan fingerprint density at radius 1 is 1.13 bits per heavy atom. The Morgan fingerprint density at radius 3 is 2.43 bits per heavy atom. The van der Waals surface area contributed by atoms with Crippen LogP contribution in [0.15, 0.2) is 23.2 Å². The lowest BCUT2D eigenvalue weighted by molar-refractivity contribution is 0.167. The Balaban J connectivity index is 0.00000320. The molecule has 6 nitrogen and oxygen atoms in total. The summed E-state index contributed by atoms with van der Waals surface area (Å²) in [5.74, 6) is 2.52. The summed E-state index contributed by atoms with van der Waals surface area (Å²) in [6.07, 6.45) is 7.41. The van der Waals surface area contributed by atoms with Crippen molar-refractivity contribution < 1.29 is 9.47 Å². The van der Waals surface area contributed by atoms with E-state index in [0.717, 1.165) is 61.8 Å². The molecule has 1 heterocycles. The molecule has 0 bridgehead atoms. The summed E-state index contributed by atoms with van der Waals surface area (Å²) in [4.78, 5) is 6.95. The quantitative estimate of drug-likeness (QED) is 0.315. The van der Waals surface area contributed by atoms with Crippen molar-refractivity contribution in [1.82, 2.24) is 15.5 Å². The van der Waals surface area contributed by atoms with Gasteiger partial charge in [0.25, 0.3) is 0 Å². The molecule has 2 fully saturated rings. The second-order valence-corrected chi connectivity index (χ2v) is 8.48. The molecule has 1 saturated heterocycles. The molecule has 1 aliphatic carbocycles. The van der Waals surface area contributed by atoms with Crippen molar-refractivity contribution in [1.29, 1.82) is 0 Å². The van der Waals surface area contributed by atoms with Gasteiger partial charge in [-0.05, 0) is 70.1 Å². The first-order chi connectivity index (χ1) is 14.1. The van der Waals surface area contributed by atoms with E-state index < -0.39 is 0 Å². The number of piperidine rings is 1. The van der Waals surface area contributed by atoms with Gasteiger partial charge in [-0.15, -0.1) is 24.0 Å². The first-order valence-corrected chi connectivity index (χ1v) is 11.1. The third kappa shape index (κ3) is 7.18. The normalized spacial score (nSPS) is 18.9. The first-order valence-electron chi connectivity index (χ1n) is 11.1. The molecule has 7 heteroatoms. The van der Waals surface area contributed by atoms with Crippen LogP contribution in [0.1, 0.15) is 57.9 Å². The Bertz CT molecular complexity index is 669. The fraction of sp³-hybridized carbons (Fsp3) is 0.696. The van der Waals surface area contributed by atoms with Gasteiger partial charge in [-0.2, -0.15) is 0 Å². The van der Waals surface area contributed by atoms with E-state index in [2.05, 4.69) is 46.5 Å². The number of nitrogens with one attached hydrogen (secondary N) is 2. The minimum absolute atomic E-state index is 0. The number of benzene rings is 1. The Hall–Kier alpha value is -1.22. The Morgan fingerprint density at radius 2 is 1.83 bits per heavy atom. The Kier molecular flexibility index (Phi) is 10.5. The zero-order valence-corrected chi connectivity index (χ0v) is 21.3. The summed E-state index contributed by atoms with van der Waals surface area (Å²) < 4.78 is 11.7. The number of methoxy groups -OCH3 is 1. The summed E-state index contributed by atoms with van der Waals surface area (Å²) in [7, 11) is 3.53. The molecular weight excluding hydrogens is 491 g/mol. The van der Waals surface area contributed by atoms with Crippen LogP contribution in [0.5, 0.6) is 11.5 Å². The third-order valence-corrected chi connectivity index (χ3v) is 6.11. The van der Waals surface area contributed by atoms with Crippen LogP contribution < -0.4 is 20.1 Å². The molecule has 2 N–H and O–H groups in total. The summed E-state index contributed by atoms with van der Waals surface area (Å²) >= 11 is 0. The molecule has 0 spiro atoms. The molecule has 30 heavy (non-hydrogen) atoms. The highest BCUT2D eigenvalue weighted by atomic mass is 127. The number of guanidine groups is 1. The van der Waals surface area contributed by atoms with Gasteiger partial charge < -0.3 is 25.0 Å². The molecule has 1 aromatic carbocycles. The van der Waals surface area contributed by atoms with Gasteiger partial charge in [0.05, 0.1) is 13.2 Å². The van der Waals surface area contributed by atoms with Gasteiger partial charge in [-0.3, -0.25) is 4.99 Å². The third-order valence-electron chi connectivity index (χ3n) is 6.11. The van der Waals surface area contributed by atoms with Crippen molar-refractivity contribution in [2.45, 2.75) is 77.1 Å². The van der Waals surface area contributed by atoms with Gasteiger partial charge in [0.1, 0.15) is 0 Å². The summed E-state index contributed by atoms with van der Waals surface area (Å²) in [5.41, 5.74) is 1.16. The van der Waals surface area contributed by atoms with Crippen LogP contribution in [0.2, 0.25) is 0 Å². The van der Waals surface area contributed by atoms with E-state index in [1.807, 2.05) is 13.1 Å². The maximum absolute atomic E-state index is 6.22. The van der Waals surface area contributed by atoms with Gasteiger partial charge in [-0.1, -0.05) is 6.07 Å². The molecule has 0 radical (unpaired) electrons. The van der Waals surface area contributed by atoms with Gasteiger partial charge in [-0.25, -0.2) is 0 Å². The average molecular weight is 530 g/mol. The highest BCUT2D eigenvalue weighted by Gasteiger charge is 2.22. The van der Waals surface area contributed by atoms with Crippen LogP contribution in [0, 0.1) is 0 Å². The first kappa shape index (κ1) is 25.0. The van der Waals surface area contributed by atoms with Crippen molar-refractivity contribution in [2.75, 3.05) is 27.2 Å². The zero-order valence-electron chi connectivity index (χ0n) is 18.9. The van der Waals surface area contributed by atoms with E-state index in [0.29, 0.717) is 24.7 Å². The molecule has 0 unspecified atom stereocenters. The van der Waals surface area contributed by atoms with Crippen LogP contribution in [0.25, 0.3) is 0 Å². The monoisotopic (exact) mass is 530 g/mol. The molecule has 1 aromatic rings. The summed E-state index contributed by atoms with van der Waals surface area (Å²) in [6.45, 7) is 7.54.